The number of aliphatic hydroxyl groups is 1. The highest BCUT2D eigenvalue weighted by Crippen LogP contribution is 2.26. The Morgan fingerprint density at radius 1 is 1.15 bits per heavy atom. The number of carbonyl (C=O) groups is 1. The van der Waals surface area contributed by atoms with Gasteiger partial charge in [0, 0.05) is 9.64 Å². The molecular formula is C18H18F3IN2O3. The van der Waals surface area contributed by atoms with Gasteiger partial charge < -0.3 is 10.4 Å². The van der Waals surface area contributed by atoms with E-state index in [4.69, 9.17) is 4.84 Å². The molecule has 0 bridgehead atoms. The van der Waals surface area contributed by atoms with E-state index in [2.05, 4.69) is 10.8 Å². The summed E-state index contributed by atoms with van der Waals surface area (Å²) in [7, 11) is 0. The van der Waals surface area contributed by atoms with E-state index in [0.717, 1.165) is 6.07 Å². The first-order valence-corrected chi connectivity index (χ1v) is 9.21. The van der Waals surface area contributed by atoms with E-state index in [1.807, 2.05) is 22.6 Å². The molecule has 1 atom stereocenters. The molecule has 2 rings (SSSR count). The van der Waals surface area contributed by atoms with Gasteiger partial charge in [-0.15, -0.1) is 0 Å². The summed E-state index contributed by atoms with van der Waals surface area (Å²) in [4.78, 5) is 17.2. The fraction of sp³-hybridized carbons (Fsp3) is 0.278. The molecule has 0 spiro atoms. The average Bonchev–Trinajstić information content (AvgIpc) is 2.63. The van der Waals surface area contributed by atoms with Crippen LogP contribution in [0.15, 0.2) is 30.3 Å². The largest absolute Gasteiger partial charge is 0.393 e. The van der Waals surface area contributed by atoms with E-state index >= 15 is 0 Å². The molecule has 9 heteroatoms. The number of hydroxylamine groups is 1. The van der Waals surface area contributed by atoms with Gasteiger partial charge in [-0.1, -0.05) is 6.92 Å². The van der Waals surface area contributed by atoms with Crippen LogP contribution in [0, 0.1) is 21.0 Å². The molecule has 0 aliphatic heterocycles. The fourth-order valence-corrected chi connectivity index (χ4v) is 2.60. The number of hydrogen-bond acceptors (Lipinski definition) is 4. The van der Waals surface area contributed by atoms with Crippen LogP contribution < -0.4 is 10.8 Å². The number of nitrogens with one attached hydrogen (secondary N) is 2. The van der Waals surface area contributed by atoms with Gasteiger partial charge in [0.1, 0.15) is 5.82 Å². The maximum atomic E-state index is 14.0. The SMILES string of the molecule is CCC(O)CCONC(=O)c1cc(F)c(F)cc1Nc1ccc(I)cc1F. The lowest BCUT2D eigenvalue weighted by molar-refractivity contribution is 0.0161. The molecule has 0 fully saturated rings. The highest BCUT2D eigenvalue weighted by atomic mass is 127. The zero-order valence-corrected chi connectivity index (χ0v) is 16.5. The summed E-state index contributed by atoms with van der Waals surface area (Å²) in [6.45, 7) is 1.84. The summed E-state index contributed by atoms with van der Waals surface area (Å²) in [5.41, 5.74) is 1.72. The van der Waals surface area contributed by atoms with Crippen LogP contribution in [-0.4, -0.2) is 23.7 Å². The number of aliphatic hydroxyl groups excluding tert-OH is 1. The Hall–Kier alpha value is -1.85. The van der Waals surface area contributed by atoms with Gasteiger partial charge in [0.2, 0.25) is 0 Å². The van der Waals surface area contributed by atoms with Gasteiger partial charge in [-0.05, 0) is 59.7 Å². The Labute approximate surface area is 168 Å². The van der Waals surface area contributed by atoms with E-state index in [1.165, 1.54) is 12.1 Å². The lowest BCUT2D eigenvalue weighted by atomic mass is 10.1. The zero-order valence-electron chi connectivity index (χ0n) is 14.4. The molecule has 0 aliphatic carbocycles. The molecule has 146 valence electrons. The van der Waals surface area contributed by atoms with Gasteiger partial charge >= 0.3 is 0 Å². The second-order valence-electron chi connectivity index (χ2n) is 5.69. The molecule has 0 heterocycles. The normalized spacial score (nSPS) is 11.9. The third-order valence-corrected chi connectivity index (χ3v) is 4.37. The van der Waals surface area contributed by atoms with Crippen molar-refractivity contribution in [1.82, 2.24) is 5.48 Å². The molecule has 27 heavy (non-hydrogen) atoms. The lowest BCUT2D eigenvalue weighted by Gasteiger charge is -2.14. The van der Waals surface area contributed by atoms with E-state index in [1.54, 1.807) is 13.0 Å². The highest BCUT2D eigenvalue weighted by molar-refractivity contribution is 14.1. The number of amides is 1. The fourth-order valence-electron chi connectivity index (χ4n) is 2.14. The van der Waals surface area contributed by atoms with Crippen molar-refractivity contribution in [2.24, 2.45) is 0 Å². The van der Waals surface area contributed by atoms with E-state index in [-0.39, 0.29) is 23.5 Å². The summed E-state index contributed by atoms with van der Waals surface area (Å²) in [5.74, 6) is -3.86. The summed E-state index contributed by atoms with van der Waals surface area (Å²) < 4.78 is 41.9. The van der Waals surface area contributed by atoms with Crippen molar-refractivity contribution in [3.8, 4) is 0 Å². The van der Waals surface area contributed by atoms with Crippen LogP contribution in [0.1, 0.15) is 30.1 Å². The van der Waals surface area contributed by atoms with Crippen LogP contribution in [0.4, 0.5) is 24.5 Å². The maximum absolute atomic E-state index is 14.0. The summed E-state index contributed by atoms with van der Waals surface area (Å²) in [5, 5.41) is 12.0. The molecule has 0 aromatic heterocycles. The second-order valence-corrected chi connectivity index (χ2v) is 6.94. The number of hydrogen-bond donors (Lipinski definition) is 3. The van der Waals surface area contributed by atoms with Gasteiger partial charge in [0.15, 0.2) is 11.6 Å². The van der Waals surface area contributed by atoms with Crippen molar-refractivity contribution >= 4 is 39.9 Å². The molecule has 2 aromatic rings. The Kier molecular flexibility index (Phi) is 7.87. The van der Waals surface area contributed by atoms with Crippen LogP contribution in [0.25, 0.3) is 0 Å². The predicted octanol–water partition coefficient (Wildman–Crippen LogP) is 4.27. The Morgan fingerprint density at radius 2 is 1.85 bits per heavy atom. The van der Waals surface area contributed by atoms with Gasteiger partial charge in [-0.2, -0.15) is 0 Å². The van der Waals surface area contributed by atoms with Crippen molar-refractivity contribution in [2.45, 2.75) is 25.9 Å². The van der Waals surface area contributed by atoms with E-state index in [0.29, 0.717) is 22.5 Å². The van der Waals surface area contributed by atoms with Crippen molar-refractivity contribution in [1.29, 1.82) is 0 Å². The number of carbonyl (C=O) groups excluding carboxylic acids is 1. The van der Waals surface area contributed by atoms with Gasteiger partial charge in [0.25, 0.3) is 5.91 Å². The Morgan fingerprint density at radius 3 is 2.52 bits per heavy atom. The molecule has 1 unspecified atom stereocenters. The summed E-state index contributed by atoms with van der Waals surface area (Å²) >= 11 is 1.93. The molecule has 0 aliphatic rings. The third kappa shape index (κ3) is 6.08. The molecule has 0 saturated carbocycles. The number of rotatable bonds is 8. The quantitative estimate of drug-likeness (QED) is 0.291. The molecule has 2 aromatic carbocycles. The monoisotopic (exact) mass is 494 g/mol. The van der Waals surface area contributed by atoms with Crippen LogP contribution in [0.3, 0.4) is 0 Å². The summed E-state index contributed by atoms with van der Waals surface area (Å²) in [6.07, 6.45) is 0.273. The third-order valence-electron chi connectivity index (χ3n) is 3.69. The van der Waals surface area contributed by atoms with Crippen LogP contribution >= 0.6 is 22.6 Å². The molecule has 0 radical (unpaired) electrons. The Balaban J connectivity index is 2.17. The standard InChI is InChI=1S/C18H18F3IN2O3/c1-2-11(25)5-6-27-24-18(26)12-8-13(19)14(20)9-17(12)23-16-4-3-10(22)7-15(16)21/h3-4,7-9,11,23,25H,2,5-6H2,1H3,(H,24,26). The van der Waals surface area contributed by atoms with Crippen LogP contribution in [0.5, 0.6) is 0 Å². The number of anilines is 2. The minimum absolute atomic E-state index is 0.00228. The van der Waals surface area contributed by atoms with Crippen molar-refractivity contribution < 1.29 is 27.9 Å². The van der Waals surface area contributed by atoms with Gasteiger partial charge in [0.05, 0.1) is 29.6 Å². The van der Waals surface area contributed by atoms with Gasteiger partial charge in [-0.3, -0.25) is 9.63 Å². The second kappa shape index (κ2) is 9.90. The first-order chi connectivity index (χ1) is 12.8. The summed E-state index contributed by atoms with van der Waals surface area (Å²) in [6, 6.07) is 5.76. The average molecular weight is 494 g/mol. The highest BCUT2D eigenvalue weighted by Gasteiger charge is 2.18. The zero-order chi connectivity index (χ0) is 20.0. The maximum Gasteiger partial charge on any atom is 0.277 e. The molecule has 0 saturated heterocycles. The Bertz CT molecular complexity index is 821. The predicted molar refractivity (Wildman–Crippen MR) is 103 cm³/mol. The lowest BCUT2D eigenvalue weighted by Crippen LogP contribution is -2.26. The van der Waals surface area contributed by atoms with Crippen molar-refractivity contribution in [3.05, 3.63) is 56.9 Å². The molecular weight excluding hydrogens is 476 g/mol. The number of benzene rings is 2. The first-order valence-electron chi connectivity index (χ1n) is 8.13. The minimum Gasteiger partial charge on any atom is -0.393 e. The van der Waals surface area contributed by atoms with E-state index < -0.39 is 29.5 Å². The minimum atomic E-state index is -1.23. The number of halogens is 4. The molecule has 1 amide bonds. The van der Waals surface area contributed by atoms with Gasteiger partial charge in [-0.25, -0.2) is 18.7 Å². The van der Waals surface area contributed by atoms with Crippen molar-refractivity contribution in [3.63, 3.8) is 0 Å². The topological polar surface area (TPSA) is 70.6 Å². The first kappa shape index (κ1) is 21.5. The van der Waals surface area contributed by atoms with Crippen LogP contribution in [-0.2, 0) is 4.84 Å². The smallest absolute Gasteiger partial charge is 0.277 e. The molecule has 3 N–H and O–H groups in total. The van der Waals surface area contributed by atoms with E-state index in [9.17, 15) is 23.1 Å². The van der Waals surface area contributed by atoms with Crippen molar-refractivity contribution in [2.75, 3.05) is 11.9 Å². The molecule has 5 nitrogen and oxygen atoms in total. The van der Waals surface area contributed by atoms with Crippen LogP contribution in [0.2, 0.25) is 0 Å².